The van der Waals surface area contributed by atoms with E-state index in [9.17, 15) is 9.59 Å². The summed E-state index contributed by atoms with van der Waals surface area (Å²) in [7, 11) is 0. The Hall–Kier alpha value is -2.70. The predicted octanol–water partition coefficient (Wildman–Crippen LogP) is 5.06. The summed E-state index contributed by atoms with van der Waals surface area (Å²) < 4.78 is 0. The first-order valence-corrected chi connectivity index (χ1v) is 9.78. The summed E-state index contributed by atoms with van der Waals surface area (Å²) in [5, 5.41) is 8.77. The van der Waals surface area contributed by atoms with Gasteiger partial charge in [-0.2, -0.15) is 0 Å². The van der Waals surface area contributed by atoms with Gasteiger partial charge in [-0.3, -0.25) is 9.59 Å². The normalized spacial score (nSPS) is 13.2. The maximum atomic E-state index is 12.4. The number of nitrogens with zero attached hydrogens (tertiary/aromatic N) is 1. The third kappa shape index (κ3) is 4.35. The van der Waals surface area contributed by atoms with Gasteiger partial charge in [0.2, 0.25) is 5.91 Å². The van der Waals surface area contributed by atoms with E-state index >= 15 is 0 Å². The lowest BCUT2D eigenvalue weighted by molar-refractivity contribution is -0.117. The number of halogens is 1. The van der Waals surface area contributed by atoms with Crippen LogP contribution in [0, 0.1) is 5.92 Å². The monoisotopic (exact) mass is 397 g/mol. The first-order valence-electron chi connectivity index (χ1n) is 8.52. The third-order valence-corrected chi connectivity index (χ3v) is 5.29. The Kier molecular flexibility index (Phi) is 4.92. The summed E-state index contributed by atoms with van der Waals surface area (Å²) in [4.78, 5) is 28.6. The average molecular weight is 398 g/mol. The van der Waals surface area contributed by atoms with Crippen LogP contribution in [0.15, 0.2) is 53.9 Å². The van der Waals surface area contributed by atoms with E-state index < -0.39 is 0 Å². The van der Waals surface area contributed by atoms with Crippen LogP contribution in [0.1, 0.15) is 23.3 Å². The molecular formula is C20H16ClN3O2S. The molecule has 1 fully saturated rings. The van der Waals surface area contributed by atoms with Crippen LogP contribution in [0.25, 0.3) is 10.6 Å². The Bertz CT molecular complexity index is 996. The highest BCUT2D eigenvalue weighted by atomic mass is 35.5. The van der Waals surface area contributed by atoms with E-state index in [2.05, 4.69) is 15.6 Å². The second kappa shape index (κ2) is 7.50. The number of carbonyl (C=O) groups excluding carboxylic acids is 2. The molecule has 1 aromatic heterocycles. The molecule has 0 aliphatic heterocycles. The van der Waals surface area contributed by atoms with Gasteiger partial charge in [-0.25, -0.2) is 4.98 Å². The van der Waals surface area contributed by atoms with Gasteiger partial charge < -0.3 is 10.6 Å². The molecule has 2 aromatic carbocycles. The van der Waals surface area contributed by atoms with E-state index in [4.69, 9.17) is 11.6 Å². The van der Waals surface area contributed by atoms with Crippen LogP contribution in [0.2, 0.25) is 5.02 Å². The van der Waals surface area contributed by atoms with Gasteiger partial charge in [0.15, 0.2) is 0 Å². The summed E-state index contributed by atoms with van der Waals surface area (Å²) in [5.74, 6) is -0.0696. The molecule has 4 rings (SSSR count). The minimum absolute atomic E-state index is 0.0582. The van der Waals surface area contributed by atoms with Crippen molar-refractivity contribution in [2.45, 2.75) is 12.8 Å². The van der Waals surface area contributed by atoms with Crippen molar-refractivity contribution in [2.24, 2.45) is 5.92 Å². The van der Waals surface area contributed by atoms with E-state index in [0.717, 1.165) is 29.1 Å². The number of benzene rings is 2. The fourth-order valence-electron chi connectivity index (χ4n) is 2.55. The quantitative estimate of drug-likeness (QED) is 0.631. The van der Waals surface area contributed by atoms with Gasteiger partial charge in [-0.15, -0.1) is 11.3 Å². The van der Waals surface area contributed by atoms with Gasteiger partial charge >= 0.3 is 0 Å². The van der Waals surface area contributed by atoms with Crippen LogP contribution in [0.5, 0.6) is 0 Å². The van der Waals surface area contributed by atoms with Crippen LogP contribution >= 0.6 is 22.9 Å². The van der Waals surface area contributed by atoms with Crippen molar-refractivity contribution in [2.75, 3.05) is 10.6 Å². The van der Waals surface area contributed by atoms with Gasteiger partial charge in [-0.05, 0) is 49.2 Å². The highest BCUT2D eigenvalue weighted by Gasteiger charge is 2.29. The molecule has 1 aliphatic rings. The predicted molar refractivity (Wildman–Crippen MR) is 108 cm³/mol. The number of thiazole rings is 1. The Morgan fingerprint density at radius 3 is 2.41 bits per heavy atom. The van der Waals surface area contributed by atoms with Gasteiger partial charge in [0, 0.05) is 33.3 Å². The van der Waals surface area contributed by atoms with Crippen molar-refractivity contribution in [3.63, 3.8) is 0 Å². The zero-order valence-corrected chi connectivity index (χ0v) is 15.8. The summed E-state index contributed by atoms with van der Waals surface area (Å²) in [6, 6.07) is 14.4. The van der Waals surface area contributed by atoms with E-state index in [1.807, 2.05) is 18.2 Å². The molecule has 3 aromatic rings. The number of amides is 2. The van der Waals surface area contributed by atoms with Gasteiger partial charge in [-0.1, -0.05) is 23.7 Å². The van der Waals surface area contributed by atoms with E-state index in [-0.39, 0.29) is 17.7 Å². The zero-order chi connectivity index (χ0) is 18.8. The number of hydrogen-bond acceptors (Lipinski definition) is 4. The molecule has 1 saturated carbocycles. The van der Waals surface area contributed by atoms with Gasteiger partial charge in [0.1, 0.15) is 10.7 Å². The molecule has 1 aliphatic carbocycles. The lowest BCUT2D eigenvalue weighted by Gasteiger charge is -2.07. The lowest BCUT2D eigenvalue weighted by atomic mass is 10.2. The molecule has 0 unspecified atom stereocenters. The molecule has 2 amide bonds. The molecule has 1 heterocycles. The standard InChI is InChI=1S/C20H16ClN3O2S/c21-14-3-1-2-13(10-14)20-24-17(11-27-20)19(26)23-16-8-6-15(7-9-16)22-18(25)12-4-5-12/h1-3,6-12H,4-5H2,(H,22,25)(H,23,26). The SMILES string of the molecule is O=C(Nc1ccc(NC(=O)C2CC2)cc1)c1csc(-c2cccc(Cl)c2)n1. The van der Waals surface area contributed by atoms with Crippen molar-refractivity contribution in [3.8, 4) is 10.6 Å². The number of anilines is 2. The van der Waals surface area contributed by atoms with Crippen molar-refractivity contribution in [1.29, 1.82) is 0 Å². The first kappa shape index (κ1) is 17.7. The smallest absolute Gasteiger partial charge is 0.275 e. The molecule has 0 saturated heterocycles. The first-order chi connectivity index (χ1) is 13.1. The molecule has 27 heavy (non-hydrogen) atoms. The Morgan fingerprint density at radius 1 is 1.04 bits per heavy atom. The summed E-state index contributed by atoms with van der Waals surface area (Å²) >= 11 is 7.40. The van der Waals surface area contributed by atoms with E-state index in [1.165, 1.54) is 11.3 Å². The Balaban J connectivity index is 1.41. The van der Waals surface area contributed by atoms with E-state index in [0.29, 0.717) is 16.4 Å². The molecule has 7 heteroatoms. The molecular weight excluding hydrogens is 382 g/mol. The third-order valence-electron chi connectivity index (χ3n) is 4.17. The van der Waals surface area contributed by atoms with Crippen LogP contribution in [-0.2, 0) is 4.79 Å². The maximum absolute atomic E-state index is 12.4. The summed E-state index contributed by atoms with van der Waals surface area (Å²) in [6.45, 7) is 0. The van der Waals surface area contributed by atoms with Crippen molar-refractivity contribution < 1.29 is 9.59 Å². The fraction of sp³-hybridized carbons (Fsp3) is 0.150. The maximum Gasteiger partial charge on any atom is 0.275 e. The van der Waals surface area contributed by atoms with Gasteiger partial charge in [0.05, 0.1) is 0 Å². The number of nitrogens with one attached hydrogen (secondary N) is 2. The zero-order valence-electron chi connectivity index (χ0n) is 14.2. The molecule has 0 radical (unpaired) electrons. The van der Waals surface area contributed by atoms with Crippen molar-refractivity contribution in [3.05, 3.63) is 64.6 Å². The molecule has 0 bridgehead atoms. The molecule has 136 valence electrons. The molecule has 5 nitrogen and oxygen atoms in total. The minimum atomic E-state index is -0.283. The minimum Gasteiger partial charge on any atom is -0.326 e. The number of carbonyl (C=O) groups is 2. The van der Waals surface area contributed by atoms with Crippen molar-refractivity contribution >= 4 is 46.1 Å². The fourth-order valence-corrected chi connectivity index (χ4v) is 3.54. The van der Waals surface area contributed by atoms with Crippen LogP contribution < -0.4 is 10.6 Å². The molecule has 2 N–H and O–H groups in total. The number of aromatic nitrogens is 1. The summed E-state index contributed by atoms with van der Waals surface area (Å²) in [5.41, 5.74) is 2.59. The van der Waals surface area contributed by atoms with Crippen LogP contribution in [-0.4, -0.2) is 16.8 Å². The van der Waals surface area contributed by atoms with Crippen LogP contribution in [0.3, 0.4) is 0 Å². The Labute approximate surface area is 165 Å². The number of rotatable bonds is 5. The summed E-state index contributed by atoms with van der Waals surface area (Å²) in [6.07, 6.45) is 1.93. The second-order valence-electron chi connectivity index (χ2n) is 6.34. The topological polar surface area (TPSA) is 71.1 Å². The van der Waals surface area contributed by atoms with Crippen molar-refractivity contribution in [1.82, 2.24) is 4.98 Å². The average Bonchev–Trinajstić information content (AvgIpc) is 3.40. The Morgan fingerprint density at radius 2 is 1.74 bits per heavy atom. The van der Waals surface area contributed by atoms with Crippen LogP contribution in [0.4, 0.5) is 11.4 Å². The highest BCUT2D eigenvalue weighted by molar-refractivity contribution is 7.13. The van der Waals surface area contributed by atoms with Gasteiger partial charge in [0.25, 0.3) is 5.91 Å². The molecule has 0 atom stereocenters. The molecule has 0 spiro atoms. The lowest BCUT2D eigenvalue weighted by Crippen LogP contribution is -2.14. The largest absolute Gasteiger partial charge is 0.326 e. The van der Waals surface area contributed by atoms with E-state index in [1.54, 1.807) is 35.7 Å². The second-order valence-corrected chi connectivity index (χ2v) is 7.64. The number of hydrogen-bond donors (Lipinski definition) is 2. The highest BCUT2D eigenvalue weighted by Crippen LogP contribution is 2.30.